The predicted octanol–water partition coefficient (Wildman–Crippen LogP) is 3.45. The summed E-state index contributed by atoms with van der Waals surface area (Å²) < 4.78 is 1.87. The Bertz CT molecular complexity index is 540. The van der Waals surface area contributed by atoms with Crippen LogP contribution < -0.4 is 5.32 Å². The molecule has 0 aliphatic carbocycles. The molecule has 0 radical (unpaired) electrons. The van der Waals surface area contributed by atoms with Crippen molar-refractivity contribution in [3.05, 3.63) is 52.8 Å². The standard InChI is InChI=1S/C16H23N3/c1-11-6-8-15(9-7-11)12(2)17-13(3)16-10-19(5)18-14(16)4/h6-10,12-13,17H,1-5H3/t12-,13?/m1/s1. The highest BCUT2D eigenvalue weighted by Crippen LogP contribution is 2.21. The lowest BCUT2D eigenvalue weighted by molar-refractivity contribution is 0.493. The van der Waals surface area contributed by atoms with E-state index in [0.29, 0.717) is 12.1 Å². The molecule has 0 spiro atoms. The van der Waals surface area contributed by atoms with Crippen molar-refractivity contribution in [2.24, 2.45) is 7.05 Å². The Hall–Kier alpha value is -1.61. The number of benzene rings is 1. The summed E-state index contributed by atoms with van der Waals surface area (Å²) in [6, 6.07) is 9.33. The van der Waals surface area contributed by atoms with E-state index >= 15 is 0 Å². The van der Waals surface area contributed by atoms with Crippen LogP contribution in [0.25, 0.3) is 0 Å². The molecule has 1 aromatic heterocycles. The fourth-order valence-corrected chi connectivity index (χ4v) is 2.46. The number of hydrogen-bond donors (Lipinski definition) is 1. The zero-order valence-corrected chi connectivity index (χ0v) is 12.4. The van der Waals surface area contributed by atoms with Crippen LogP contribution in [0.3, 0.4) is 0 Å². The van der Waals surface area contributed by atoms with Gasteiger partial charge in [-0.2, -0.15) is 5.10 Å². The molecular weight excluding hydrogens is 234 g/mol. The molecule has 0 bridgehead atoms. The first-order valence-electron chi connectivity index (χ1n) is 6.80. The first-order valence-corrected chi connectivity index (χ1v) is 6.80. The normalized spacial score (nSPS) is 14.4. The van der Waals surface area contributed by atoms with Gasteiger partial charge >= 0.3 is 0 Å². The minimum Gasteiger partial charge on any atom is -0.304 e. The van der Waals surface area contributed by atoms with E-state index in [1.165, 1.54) is 16.7 Å². The molecule has 0 saturated carbocycles. The Labute approximate surface area is 115 Å². The summed E-state index contributed by atoms with van der Waals surface area (Å²) in [7, 11) is 1.96. The molecule has 1 unspecified atom stereocenters. The van der Waals surface area contributed by atoms with Crippen LogP contribution in [0.15, 0.2) is 30.5 Å². The molecule has 0 fully saturated rings. The van der Waals surface area contributed by atoms with Gasteiger partial charge in [0, 0.05) is 30.9 Å². The van der Waals surface area contributed by atoms with E-state index in [9.17, 15) is 0 Å². The molecule has 1 heterocycles. The quantitative estimate of drug-likeness (QED) is 0.909. The van der Waals surface area contributed by atoms with Gasteiger partial charge in [0.1, 0.15) is 0 Å². The number of nitrogens with one attached hydrogen (secondary N) is 1. The van der Waals surface area contributed by atoms with Crippen LogP contribution in [-0.2, 0) is 7.05 Å². The first kappa shape index (κ1) is 13.8. The van der Waals surface area contributed by atoms with E-state index in [1.807, 2.05) is 11.7 Å². The topological polar surface area (TPSA) is 29.9 Å². The molecular formula is C16H23N3. The molecule has 19 heavy (non-hydrogen) atoms. The van der Waals surface area contributed by atoms with Gasteiger partial charge in [0.2, 0.25) is 0 Å². The fourth-order valence-electron chi connectivity index (χ4n) is 2.46. The number of aryl methyl sites for hydroxylation is 3. The lowest BCUT2D eigenvalue weighted by Gasteiger charge is -2.20. The Kier molecular flexibility index (Phi) is 4.05. The van der Waals surface area contributed by atoms with Crippen LogP contribution in [-0.4, -0.2) is 9.78 Å². The molecule has 102 valence electrons. The third kappa shape index (κ3) is 3.24. The number of nitrogens with zero attached hydrogens (tertiary/aromatic N) is 2. The highest BCUT2D eigenvalue weighted by atomic mass is 15.3. The van der Waals surface area contributed by atoms with E-state index in [0.717, 1.165) is 5.69 Å². The minimum absolute atomic E-state index is 0.296. The molecule has 2 rings (SSSR count). The van der Waals surface area contributed by atoms with E-state index in [4.69, 9.17) is 0 Å². The van der Waals surface area contributed by atoms with Crippen molar-refractivity contribution < 1.29 is 0 Å². The summed E-state index contributed by atoms with van der Waals surface area (Å²) in [5, 5.41) is 8.03. The van der Waals surface area contributed by atoms with Gasteiger partial charge in [-0.15, -0.1) is 0 Å². The maximum Gasteiger partial charge on any atom is 0.0641 e. The van der Waals surface area contributed by atoms with Crippen molar-refractivity contribution in [3.63, 3.8) is 0 Å². The van der Waals surface area contributed by atoms with Gasteiger partial charge in [-0.25, -0.2) is 0 Å². The Balaban J connectivity index is 2.08. The van der Waals surface area contributed by atoms with Crippen LogP contribution in [0.1, 0.15) is 48.3 Å². The molecule has 3 heteroatoms. The summed E-state index contributed by atoms with van der Waals surface area (Å²) in [5.74, 6) is 0. The number of hydrogen-bond acceptors (Lipinski definition) is 2. The van der Waals surface area contributed by atoms with Crippen molar-refractivity contribution >= 4 is 0 Å². The van der Waals surface area contributed by atoms with E-state index < -0.39 is 0 Å². The average Bonchev–Trinajstić information content (AvgIpc) is 2.69. The maximum atomic E-state index is 4.40. The summed E-state index contributed by atoms with van der Waals surface area (Å²) in [6.07, 6.45) is 2.09. The van der Waals surface area contributed by atoms with Crippen LogP contribution in [0.5, 0.6) is 0 Å². The zero-order chi connectivity index (χ0) is 14.0. The lowest BCUT2D eigenvalue weighted by atomic mass is 10.0. The fraction of sp³-hybridized carbons (Fsp3) is 0.438. The number of rotatable bonds is 4. The lowest BCUT2D eigenvalue weighted by Crippen LogP contribution is -2.22. The predicted molar refractivity (Wildman–Crippen MR) is 79.1 cm³/mol. The zero-order valence-electron chi connectivity index (χ0n) is 12.4. The monoisotopic (exact) mass is 257 g/mol. The Morgan fingerprint density at radius 1 is 1.05 bits per heavy atom. The smallest absolute Gasteiger partial charge is 0.0641 e. The average molecular weight is 257 g/mol. The van der Waals surface area contributed by atoms with Crippen LogP contribution in [0, 0.1) is 13.8 Å². The van der Waals surface area contributed by atoms with E-state index in [-0.39, 0.29) is 0 Å². The van der Waals surface area contributed by atoms with Gasteiger partial charge in [0.15, 0.2) is 0 Å². The molecule has 1 N–H and O–H groups in total. The van der Waals surface area contributed by atoms with Crippen molar-refractivity contribution in [2.45, 2.75) is 39.8 Å². The van der Waals surface area contributed by atoms with Crippen LogP contribution >= 0.6 is 0 Å². The molecule has 3 nitrogen and oxygen atoms in total. The summed E-state index contributed by atoms with van der Waals surface area (Å²) in [5.41, 5.74) is 4.98. The molecule has 0 saturated heterocycles. The Morgan fingerprint density at radius 3 is 2.21 bits per heavy atom. The molecule has 0 amide bonds. The molecule has 0 aliphatic rings. The maximum absolute atomic E-state index is 4.40. The Morgan fingerprint density at radius 2 is 1.68 bits per heavy atom. The van der Waals surface area contributed by atoms with Gasteiger partial charge in [-0.1, -0.05) is 29.8 Å². The molecule has 2 atom stereocenters. The van der Waals surface area contributed by atoms with E-state index in [1.54, 1.807) is 0 Å². The van der Waals surface area contributed by atoms with E-state index in [2.05, 4.69) is 68.6 Å². The van der Waals surface area contributed by atoms with Gasteiger partial charge in [0.25, 0.3) is 0 Å². The van der Waals surface area contributed by atoms with Crippen LogP contribution in [0.2, 0.25) is 0 Å². The summed E-state index contributed by atoms with van der Waals surface area (Å²) >= 11 is 0. The van der Waals surface area contributed by atoms with Crippen molar-refractivity contribution in [2.75, 3.05) is 0 Å². The highest BCUT2D eigenvalue weighted by Gasteiger charge is 2.14. The van der Waals surface area contributed by atoms with Crippen molar-refractivity contribution in [1.82, 2.24) is 15.1 Å². The largest absolute Gasteiger partial charge is 0.304 e. The van der Waals surface area contributed by atoms with Crippen molar-refractivity contribution in [1.29, 1.82) is 0 Å². The second-order valence-corrected chi connectivity index (χ2v) is 5.36. The van der Waals surface area contributed by atoms with Crippen molar-refractivity contribution in [3.8, 4) is 0 Å². The van der Waals surface area contributed by atoms with Gasteiger partial charge in [0.05, 0.1) is 5.69 Å². The second kappa shape index (κ2) is 5.57. The summed E-state index contributed by atoms with van der Waals surface area (Å²) in [4.78, 5) is 0. The molecule has 2 aromatic rings. The third-order valence-electron chi connectivity index (χ3n) is 3.60. The highest BCUT2D eigenvalue weighted by molar-refractivity contribution is 5.25. The first-order chi connectivity index (χ1) is 8.97. The summed E-state index contributed by atoms with van der Waals surface area (Å²) in [6.45, 7) is 8.56. The number of aromatic nitrogens is 2. The molecule has 0 aliphatic heterocycles. The third-order valence-corrected chi connectivity index (χ3v) is 3.60. The second-order valence-electron chi connectivity index (χ2n) is 5.36. The minimum atomic E-state index is 0.296. The molecule has 1 aromatic carbocycles. The van der Waals surface area contributed by atoms with Gasteiger partial charge in [-0.3, -0.25) is 4.68 Å². The van der Waals surface area contributed by atoms with Gasteiger partial charge in [-0.05, 0) is 33.3 Å². The van der Waals surface area contributed by atoms with Gasteiger partial charge < -0.3 is 5.32 Å². The SMILES string of the molecule is Cc1ccc([C@@H](C)NC(C)c2cn(C)nc2C)cc1. The van der Waals surface area contributed by atoms with Crippen LogP contribution in [0.4, 0.5) is 0 Å².